The van der Waals surface area contributed by atoms with Crippen LogP contribution in [0.3, 0.4) is 0 Å². The van der Waals surface area contributed by atoms with E-state index in [-0.39, 0.29) is 23.9 Å². The van der Waals surface area contributed by atoms with Gasteiger partial charge >= 0.3 is 12.1 Å². The van der Waals surface area contributed by atoms with Crippen molar-refractivity contribution in [1.29, 1.82) is 0 Å². The molecule has 0 unspecified atom stereocenters. The fourth-order valence-corrected chi connectivity index (χ4v) is 5.12. The molecule has 12 heteroatoms. The second kappa shape index (κ2) is 8.67. The number of likely N-dealkylation sites (N-methyl/N-ethyl adjacent to an activating group) is 2. The standard InChI is InChI=1S/C15H21N3O3S.C2HF3O2/c1-16-15(19)13-8-11-9-18(10-14(11)17(13)2)22(20,21)12-6-4-3-5-7-12;3-2(4,5)1(6)7/h3-7,11,13-14H,8-10H2,1-2H3,(H,16,19);(H,6,7)/t11-,13-,14+;/m1./s1. The maximum absolute atomic E-state index is 12.7. The van der Waals surface area contributed by atoms with E-state index in [2.05, 4.69) is 5.32 Å². The van der Waals surface area contributed by atoms with Gasteiger partial charge in [-0.2, -0.15) is 17.5 Å². The lowest BCUT2D eigenvalue weighted by molar-refractivity contribution is -0.192. The molecule has 0 saturated carbocycles. The number of carboxylic acid groups (broad SMARTS) is 1. The highest BCUT2D eigenvalue weighted by Crippen LogP contribution is 2.36. The first-order valence-electron chi connectivity index (χ1n) is 8.68. The van der Waals surface area contributed by atoms with Gasteiger partial charge in [-0.3, -0.25) is 9.69 Å². The number of likely N-dealkylation sites (tertiary alicyclic amines) is 1. The number of nitrogens with zero attached hydrogens (tertiary/aromatic N) is 2. The van der Waals surface area contributed by atoms with Crippen molar-refractivity contribution < 1.29 is 36.3 Å². The van der Waals surface area contributed by atoms with Crippen LogP contribution in [0.4, 0.5) is 13.2 Å². The number of nitrogens with one attached hydrogen (secondary N) is 1. The molecule has 3 atom stereocenters. The molecule has 8 nitrogen and oxygen atoms in total. The second-order valence-electron chi connectivity index (χ2n) is 6.80. The number of rotatable bonds is 3. The van der Waals surface area contributed by atoms with Crippen LogP contribution in [-0.2, 0) is 19.6 Å². The molecule has 1 aromatic rings. The molecule has 162 valence electrons. The Morgan fingerprint density at radius 3 is 2.17 bits per heavy atom. The highest BCUT2D eigenvalue weighted by molar-refractivity contribution is 7.89. The molecule has 1 amide bonds. The highest BCUT2D eigenvalue weighted by Gasteiger charge is 2.49. The van der Waals surface area contributed by atoms with Crippen LogP contribution in [0.2, 0.25) is 0 Å². The number of hydrogen-bond acceptors (Lipinski definition) is 5. The quantitative estimate of drug-likeness (QED) is 0.723. The summed E-state index contributed by atoms with van der Waals surface area (Å²) in [6.07, 6.45) is -4.37. The number of carboxylic acids is 1. The molecule has 3 rings (SSSR count). The number of halogens is 3. The Bertz CT molecular complexity index is 848. The Kier molecular flexibility index (Phi) is 6.91. The molecule has 2 heterocycles. The first kappa shape index (κ1) is 23.1. The molecular formula is C17H22F3N3O5S. The zero-order valence-corrected chi connectivity index (χ0v) is 16.6. The number of carbonyl (C=O) groups is 2. The van der Waals surface area contributed by atoms with Crippen LogP contribution in [0.1, 0.15) is 6.42 Å². The van der Waals surface area contributed by atoms with E-state index in [1.807, 2.05) is 11.9 Å². The monoisotopic (exact) mass is 437 g/mol. The summed E-state index contributed by atoms with van der Waals surface area (Å²) in [5, 5.41) is 9.81. The summed E-state index contributed by atoms with van der Waals surface area (Å²) >= 11 is 0. The molecule has 0 bridgehead atoms. The third-order valence-corrected chi connectivity index (χ3v) is 6.93. The summed E-state index contributed by atoms with van der Waals surface area (Å²) < 4.78 is 58.6. The minimum atomic E-state index is -5.08. The van der Waals surface area contributed by atoms with Gasteiger partial charge in [-0.05, 0) is 31.5 Å². The molecule has 2 aliphatic heterocycles. The van der Waals surface area contributed by atoms with Crippen LogP contribution in [0.25, 0.3) is 0 Å². The Labute approximate surface area is 166 Å². The lowest BCUT2D eigenvalue weighted by Crippen LogP contribution is -2.45. The first-order valence-corrected chi connectivity index (χ1v) is 10.1. The number of hydrogen-bond donors (Lipinski definition) is 2. The van der Waals surface area contributed by atoms with Gasteiger partial charge in [0, 0.05) is 26.2 Å². The number of amides is 1. The van der Waals surface area contributed by atoms with Gasteiger partial charge in [0.1, 0.15) is 0 Å². The molecular weight excluding hydrogens is 415 g/mol. The summed E-state index contributed by atoms with van der Waals surface area (Å²) in [7, 11) is 0.1000. The number of alkyl halides is 3. The molecule has 29 heavy (non-hydrogen) atoms. The lowest BCUT2D eigenvalue weighted by Gasteiger charge is -2.25. The van der Waals surface area contributed by atoms with Crippen molar-refractivity contribution in [2.24, 2.45) is 5.92 Å². The van der Waals surface area contributed by atoms with Crippen molar-refractivity contribution in [3.63, 3.8) is 0 Å². The Hall–Kier alpha value is -2.18. The van der Waals surface area contributed by atoms with Crippen molar-refractivity contribution in [2.75, 3.05) is 27.2 Å². The zero-order valence-electron chi connectivity index (χ0n) is 15.8. The number of fused-ring (bicyclic) bond motifs is 1. The van der Waals surface area contributed by atoms with E-state index in [1.165, 1.54) is 0 Å². The predicted molar refractivity (Wildman–Crippen MR) is 96.4 cm³/mol. The average Bonchev–Trinajstić information content (AvgIpc) is 3.22. The van der Waals surface area contributed by atoms with Crippen molar-refractivity contribution in [2.45, 2.75) is 29.6 Å². The normalized spacial score (nSPS) is 25.1. The van der Waals surface area contributed by atoms with Crippen LogP contribution in [0.5, 0.6) is 0 Å². The maximum atomic E-state index is 12.7. The van der Waals surface area contributed by atoms with Gasteiger partial charge in [-0.15, -0.1) is 0 Å². The van der Waals surface area contributed by atoms with Gasteiger partial charge in [-0.1, -0.05) is 18.2 Å². The van der Waals surface area contributed by atoms with Crippen LogP contribution in [0, 0.1) is 5.92 Å². The molecule has 2 saturated heterocycles. The number of carbonyl (C=O) groups excluding carboxylic acids is 1. The van der Waals surface area contributed by atoms with E-state index in [0.717, 1.165) is 0 Å². The molecule has 0 aliphatic carbocycles. The zero-order chi connectivity index (χ0) is 22.0. The van der Waals surface area contributed by atoms with E-state index < -0.39 is 22.2 Å². The first-order chi connectivity index (χ1) is 13.4. The smallest absolute Gasteiger partial charge is 0.475 e. The average molecular weight is 437 g/mol. The molecule has 0 spiro atoms. The van der Waals surface area contributed by atoms with Crippen molar-refractivity contribution in [1.82, 2.24) is 14.5 Å². The van der Waals surface area contributed by atoms with Gasteiger partial charge in [-0.25, -0.2) is 13.2 Å². The van der Waals surface area contributed by atoms with Gasteiger partial charge < -0.3 is 10.4 Å². The highest BCUT2D eigenvalue weighted by atomic mass is 32.2. The molecule has 2 N–H and O–H groups in total. The molecule has 0 radical (unpaired) electrons. The lowest BCUT2D eigenvalue weighted by atomic mass is 10.0. The van der Waals surface area contributed by atoms with Crippen molar-refractivity contribution in [3.05, 3.63) is 30.3 Å². The van der Waals surface area contributed by atoms with Crippen molar-refractivity contribution >= 4 is 21.9 Å². The fraction of sp³-hybridized carbons (Fsp3) is 0.529. The Balaban J connectivity index is 0.000000370. The third kappa shape index (κ3) is 5.06. The van der Waals surface area contributed by atoms with Crippen LogP contribution >= 0.6 is 0 Å². The SMILES string of the molecule is CNC(=O)[C@H]1C[C@@H]2CN(S(=O)(=O)c3ccccc3)C[C@@H]2N1C.O=C(O)C(F)(F)F. The summed E-state index contributed by atoms with van der Waals surface area (Å²) in [5.74, 6) is -2.53. The largest absolute Gasteiger partial charge is 0.490 e. The molecule has 1 aromatic carbocycles. The third-order valence-electron chi connectivity index (χ3n) is 5.09. The molecule has 2 fully saturated rings. The van der Waals surface area contributed by atoms with Gasteiger partial charge in [0.15, 0.2) is 0 Å². The van der Waals surface area contributed by atoms with Gasteiger partial charge in [0.2, 0.25) is 15.9 Å². The number of benzene rings is 1. The van der Waals surface area contributed by atoms with E-state index in [4.69, 9.17) is 9.90 Å². The summed E-state index contributed by atoms with van der Waals surface area (Å²) in [6.45, 7) is 0.936. The molecule has 2 aliphatic rings. The van der Waals surface area contributed by atoms with E-state index in [0.29, 0.717) is 24.4 Å². The minimum Gasteiger partial charge on any atom is -0.475 e. The van der Waals surface area contributed by atoms with Gasteiger partial charge in [0.05, 0.1) is 10.9 Å². The maximum Gasteiger partial charge on any atom is 0.490 e. The predicted octanol–water partition coefficient (Wildman–Crippen LogP) is 0.759. The van der Waals surface area contributed by atoms with Crippen LogP contribution in [-0.4, -0.2) is 80.1 Å². The van der Waals surface area contributed by atoms with E-state index in [1.54, 1.807) is 41.7 Å². The second-order valence-corrected chi connectivity index (χ2v) is 8.73. The van der Waals surface area contributed by atoms with Gasteiger partial charge in [0.25, 0.3) is 0 Å². The molecule has 0 aromatic heterocycles. The number of sulfonamides is 1. The fourth-order valence-electron chi connectivity index (χ4n) is 3.59. The van der Waals surface area contributed by atoms with Crippen LogP contribution in [0.15, 0.2) is 35.2 Å². The van der Waals surface area contributed by atoms with E-state index >= 15 is 0 Å². The summed E-state index contributed by atoms with van der Waals surface area (Å²) in [5.41, 5.74) is 0. The van der Waals surface area contributed by atoms with E-state index in [9.17, 15) is 26.4 Å². The number of aliphatic carboxylic acids is 1. The summed E-state index contributed by atoms with van der Waals surface area (Å²) in [6, 6.07) is 8.48. The minimum absolute atomic E-state index is 0.00867. The Morgan fingerprint density at radius 1 is 1.17 bits per heavy atom. The van der Waals surface area contributed by atoms with Crippen molar-refractivity contribution in [3.8, 4) is 0 Å². The Morgan fingerprint density at radius 2 is 1.72 bits per heavy atom. The summed E-state index contributed by atoms with van der Waals surface area (Å²) in [4.78, 5) is 23.1. The topological polar surface area (TPSA) is 107 Å². The van der Waals surface area contributed by atoms with Crippen LogP contribution < -0.4 is 5.32 Å².